The van der Waals surface area contributed by atoms with Crippen LogP contribution in [0.4, 0.5) is 0 Å². The third-order valence-corrected chi connectivity index (χ3v) is 6.38. The molecule has 4 heteroatoms. The van der Waals surface area contributed by atoms with Crippen LogP contribution in [0.1, 0.15) is 41.6 Å². The summed E-state index contributed by atoms with van der Waals surface area (Å²) in [5.74, 6) is 0.0863. The Labute approximate surface area is 166 Å². The molecule has 1 heterocycles. The second-order valence-electron chi connectivity index (χ2n) is 7.56. The van der Waals surface area contributed by atoms with E-state index in [1.165, 1.54) is 5.56 Å². The number of hydrogen-bond donors (Lipinski definition) is 1. The molecule has 0 aliphatic carbocycles. The minimum absolute atomic E-state index is 0.0863. The van der Waals surface area contributed by atoms with Gasteiger partial charge in [0.2, 0.25) is 0 Å². The first-order valence-corrected chi connectivity index (χ1v) is 11.0. The molecule has 0 saturated carbocycles. The second kappa shape index (κ2) is 9.43. The van der Waals surface area contributed by atoms with Gasteiger partial charge in [0, 0.05) is 29.0 Å². The summed E-state index contributed by atoms with van der Waals surface area (Å²) < 4.78 is 0. The van der Waals surface area contributed by atoms with E-state index in [0.29, 0.717) is 6.54 Å². The van der Waals surface area contributed by atoms with Crippen LogP contribution in [0, 0.1) is 5.41 Å². The van der Waals surface area contributed by atoms with Crippen molar-refractivity contribution in [2.75, 3.05) is 26.0 Å². The SMILES string of the molecule is CSc1ccc(C(=O)N2CCC[C@@](CO)(CCCc3ccccc3)C2)cc1. The maximum absolute atomic E-state index is 12.9. The van der Waals surface area contributed by atoms with E-state index in [1.807, 2.05) is 41.5 Å². The lowest BCUT2D eigenvalue weighted by atomic mass is 9.76. The van der Waals surface area contributed by atoms with E-state index in [1.54, 1.807) is 11.8 Å². The van der Waals surface area contributed by atoms with Gasteiger partial charge in [0.15, 0.2) is 0 Å². The Bertz CT molecular complexity index is 732. The molecule has 0 aromatic heterocycles. The number of hydrogen-bond acceptors (Lipinski definition) is 3. The molecule has 1 aliphatic rings. The first kappa shape index (κ1) is 20.0. The molecule has 1 atom stereocenters. The highest BCUT2D eigenvalue weighted by molar-refractivity contribution is 7.98. The highest BCUT2D eigenvalue weighted by Crippen LogP contribution is 2.35. The van der Waals surface area contributed by atoms with Crippen molar-refractivity contribution in [3.05, 3.63) is 65.7 Å². The molecule has 1 amide bonds. The molecule has 27 heavy (non-hydrogen) atoms. The molecule has 2 aromatic carbocycles. The molecule has 144 valence electrons. The van der Waals surface area contributed by atoms with E-state index >= 15 is 0 Å². The number of rotatable bonds is 7. The first-order chi connectivity index (χ1) is 13.2. The third-order valence-electron chi connectivity index (χ3n) is 5.64. The normalized spacial score (nSPS) is 19.9. The van der Waals surface area contributed by atoms with Crippen molar-refractivity contribution in [3.8, 4) is 0 Å². The van der Waals surface area contributed by atoms with Gasteiger partial charge in [-0.3, -0.25) is 4.79 Å². The van der Waals surface area contributed by atoms with E-state index in [2.05, 4.69) is 24.3 Å². The summed E-state index contributed by atoms with van der Waals surface area (Å²) in [6, 6.07) is 18.3. The lowest BCUT2D eigenvalue weighted by molar-refractivity contribution is 0.0216. The van der Waals surface area contributed by atoms with E-state index in [0.717, 1.165) is 49.1 Å². The number of benzene rings is 2. The largest absolute Gasteiger partial charge is 0.396 e. The summed E-state index contributed by atoms with van der Waals surface area (Å²) in [5.41, 5.74) is 1.91. The number of nitrogens with zero attached hydrogens (tertiary/aromatic N) is 1. The van der Waals surface area contributed by atoms with Crippen LogP contribution in [0.5, 0.6) is 0 Å². The molecule has 1 aliphatic heterocycles. The topological polar surface area (TPSA) is 40.5 Å². The molecule has 1 N–H and O–H groups in total. The monoisotopic (exact) mass is 383 g/mol. The fourth-order valence-electron chi connectivity index (χ4n) is 4.02. The number of aryl methyl sites for hydroxylation is 1. The smallest absolute Gasteiger partial charge is 0.253 e. The van der Waals surface area contributed by atoms with Crippen LogP contribution in [0.3, 0.4) is 0 Å². The number of piperidine rings is 1. The number of aliphatic hydroxyl groups excluding tert-OH is 1. The van der Waals surface area contributed by atoms with Crippen molar-refractivity contribution < 1.29 is 9.90 Å². The van der Waals surface area contributed by atoms with E-state index in [-0.39, 0.29) is 17.9 Å². The van der Waals surface area contributed by atoms with Gasteiger partial charge in [-0.15, -0.1) is 11.8 Å². The van der Waals surface area contributed by atoms with Crippen LogP contribution < -0.4 is 0 Å². The molecule has 0 spiro atoms. The van der Waals surface area contributed by atoms with Crippen LogP contribution in [0.2, 0.25) is 0 Å². The fraction of sp³-hybridized carbons (Fsp3) is 0.435. The van der Waals surface area contributed by atoms with Crippen molar-refractivity contribution in [2.24, 2.45) is 5.41 Å². The van der Waals surface area contributed by atoms with Crippen molar-refractivity contribution >= 4 is 17.7 Å². The maximum atomic E-state index is 12.9. The average Bonchev–Trinajstić information content (AvgIpc) is 2.74. The van der Waals surface area contributed by atoms with Gasteiger partial charge in [-0.1, -0.05) is 30.3 Å². The molecule has 1 fully saturated rings. The third kappa shape index (κ3) is 5.14. The average molecular weight is 384 g/mol. The summed E-state index contributed by atoms with van der Waals surface area (Å²) in [6.45, 7) is 1.59. The van der Waals surface area contributed by atoms with Gasteiger partial charge in [-0.05, 0) is 68.2 Å². The Morgan fingerprint density at radius 2 is 1.89 bits per heavy atom. The molecule has 0 radical (unpaired) electrons. The summed E-state index contributed by atoms with van der Waals surface area (Å²) in [5, 5.41) is 10.1. The number of likely N-dealkylation sites (tertiary alicyclic amines) is 1. The van der Waals surface area contributed by atoms with Gasteiger partial charge < -0.3 is 10.0 Å². The Kier molecular flexibility index (Phi) is 6.97. The van der Waals surface area contributed by atoms with Gasteiger partial charge in [0.25, 0.3) is 5.91 Å². The number of thioether (sulfide) groups is 1. The van der Waals surface area contributed by atoms with Crippen LogP contribution in [0.25, 0.3) is 0 Å². The lowest BCUT2D eigenvalue weighted by Crippen LogP contribution is -2.48. The van der Waals surface area contributed by atoms with Crippen LogP contribution in [-0.4, -0.2) is 41.9 Å². The van der Waals surface area contributed by atoms with Gasteiger partial charge in [0.05, 0.1) is 6.61 Å². The highest BCUT2D eigenvalue weighted by Gasteiger charge is 2.36. The molecule has 0 unspecified atom stereocenters. The molecular formula is C23H29NO2S. The van der Waals surface area contributed by atoms with Gasteiger partial charge in [-0.25, -0.2) is 0 Å². The van der Waals surface area contributed by atoms with Gasteiger partial charge in [-0.2, -0.15) is 0 Å². The predicted molar refractivity (Wildman–Crippen MR) is 112 cm³/mol. The Hall–Kier alpha value is -1.78. The Morgan fingerprint density at radius 3 is 2.56 bits per heavy atom. The lowest BCUT2D eigenvalue weighted by Gasteiger charge is -2.42. The zero-order valence-corrected chi connectivity index (χ0v) is 16.9. The molecule has 3 nitrogen and oxygen atoms in total. The number of amides is 1. The second-order valence-corrected chi connectivity index (χ2v) is 8.44. The van der Waals surface area contributed by atoms with Crippen LogP contribution in [-0.2, 0) is 6.42 Å². The Balaban J connectivity index is 1.62. The van der Waals surface area contributed by atoms with Crippen LogP contribution >= 0.6 is 11.8 Å². The Morgan fingerprint density at radius 1 is 1.15 bits per heavy atom. The predicted octanol–water partition coefficient (Wildman–Crippen LogP) is 4.65. The number of carbonyl (C=O) groups is 1. The van der Waals surface area contributed by atoms with Crippen LogP contribution in [0.15, 0.2) is 59.5 Å². The van der Waals surface area contributed by atoms with Crippen molar-refractivity contribution in [1.82, 2.24) is 4.90 Å². The zero-order chi connectivity index (χ0) is 19.1. The van der Waals surface area contributed by atoms with E-state index in [4.69, 9.17) is 0 Å². The van der Waals surface area contributed by atoms with Crippen molar-refractivity contribution in [2.45, 2.75) is 37.0 Å². The number of carbonyl (C=O) groups excluding carboxylic acids is 1. The first-order valence-electron chi connectivity index (χ1n) is 9.74. The standard InChI is InChI=1S/C23H29NO2S/c1-27-21-12-10-20(11-13-21)22(26)24-16-6-15-23(17-24,18-25)14-5-9-19-7-3-2-4-8-19/h2-4,7-8,10-13,25H,5-6,9,14-18H2,1H3/t23-/m0/s1. The highest BCUT2D eigenvalue weighted by atomic mass is 32.2. The zero-order valence-electron chi connectivity index (χ0n) is 16.1. The molecular weight excluding hydrogens is 354 g/mol. The summed E-state index contributed by atoms with van der Waals surface area (Å²) in [7, 11) is 0. The maximum Gasteiger partial charge on any atom is 0.253 e. The van der Waals surface area contributed by atoms with Gasteiger partial charge >= 0.3 is 0 Å². The molecule has 3 rings (SSSR count). The minimum Gasteiger partial charge on any atom is -0.396 e. The summed E-state index contributed by atoms with van der Waals surface area (Å²) >= 11 is 1.68. The number of aliphatic hydroxyl groups is 1. The minimum atomic E-state index is -0.165. The summed E-state index contributed by atoms with van der Waals surface area (Å²) in [6.07, 6.45) is 7.00. The van der Waals surface area contributed by atoms with Gasteiger partial charge in [0.1, 0.15) is 0 Å². The fourth-order valence-corrected chi connectivity index (χ4v) is 4.43. The summed E-state index contributed by atoms with van der Waals surface area (Å²) in [4.78, 5) is 16.0. The quantitative estimate of drug-likeness (QED) is 0.708. The van der Waals surface area contributed by atoms with E-state index < -0.39 is 0 Å². The van der Waals surface area contributed by atoms with Crippen molar-refractivity contribution in [3.63, 3.8) is 0 Å². The molecule has 2 aromatic rings. The van der Waals surface area contributed by atoms with Crippen molar-refractivity contribution in [1.29, 1.82) is 0 Å². The van der Waals surface area contributed by atoms with E-state index in [9.17, 15) is 9.90 Å². The molecule has 1 saturated heterocycles. The molecule has 0 bridgehead atoms.